The SMILES string of the molecule is O=C(O)c1cn(C/C=C/[C@H]2NCCC[C@@H]2O)c2cc(F)ccc12. The van der Waals surface area contributed by atoms with Crippen molar-refractivity contribution in [1.29, 1.82) is 0 Å². The Morgan fingerprint density at radius 2 is 2.30 bits per heavy atom. The molecule has 1 saturated heterocycles. The molecule has 1 fully saturated rings. The largest absolute Gasteiger partial charge is 0.478 e. The predicted octanol–water partition coefficient (Wildman–Crippen LogP) is 2.15. The molecule has 1 aliphatic rings. The second kappa shape index (κ2) is 6.52. The fourth-order valence-corrected chi connectivity index (χ4v) is 3.00. The number of rotatable bonds is 4. The van der Waals surface area contributed by atoms with Crippen LogP contribution in [0.25, 0.3) is 10.9 Å². The number of aliphatic hydroxyl groups excluding tert-OH is 1. The minimum atomic E-state index is -1.03. The number of aromatic carboxylic acids is 1. The quantitative estimate of drug-likeness (QED) is 0.755. The summed E-state index contributed by atoms with van der Waals surface area (Å²) in [5.74, 6) is -1.43. The first-order valence-corrected chi connectivity index (χ1v) is 7.66. The van der Waals surface area contributed by atoms with Gasteiger partial charge in [0.1, 0.15) is 5.82 Å². The number of allylic oxidation sites excluding steroid dienone is 1. The molecule has 1 aliphatic heterocycles. The fraction of sp³-hybridized carbons (Fsp3) is 0.353. The number of carbonyl (C=O) groups is 1. The monoisotopic (exact) mass is 318 g/mol. The highest BCUT2D eigenvalue weighted by Crippen LogP contribution is 2.23. The van der Waals surface area contributed by atoms with Crippen LogP contribution in [0.5, 0.6) is 0 Å². The van der Waals surface area contributed by atoms with Gasteiger partial charge in [-0.15, -0.1) is 0 Å². The maximum atomic E-state index is 13.5. The van der Waals surface area contributed by atoms with E-state index in [4.69, 9.17) is 0 Å². The van der Waals surface area contributed by atoms with E-state index in [1.807, 2.05) is 12.2 Å². The Balaban J connectivity index is 1.85. The molecule has 1 aromatic heterocycles. The van der Waals surface area contributed by atoms with Crippen molar-refractivity contribution < 1.29 is 19.4 Å². The molecule has 2 atom stereocenters. The standard InChI is InChI=1S/C17H19FN2O3/c18-11-5-6-12-13(17(22)23)10-20(15(12)9-11)8-2-3-14-16(21)4-1-7-19-14/h2-3,5-6,9-10,14,16,19,21H,1,4,7-8H2,(H,22,23)/b3-2+/t14-,16+/m1/s1. The number of piperidine rings is 1. The maximum Gasteiger partial charge on any atom is 0.337 e. The number of halogens is 1. The number of benzene rings is 1. The van der Waals surface area contributed by atoms with Gasteiger partial charge in [0, 0.05) is 18.1 Å². The lowest BCUT2D eigenvalue weighted by Crippen LogP contribution is -2.43. The summed E-state index contributed by atoms with van der Waals surface area (Å²) in [7, 11) is 0. The van der Waals surface area contributed by atoms with Gasteiger partial charge in [-0.05, 0) is 37.6 Å². The summed E-state index contributed by atoms with van der Waals surface area (Å²) in [5.41, 5.74) is 0.702. The van der Waals surface area contributed by atoms with Crippen molar-refractivity contribution in [3.05, 3.63) is 47.9 Å². The zero-order chi connectivity index (χ0) is 16.4. The second-order valence-electron chi connectivity index (χ2n) is 5.78. The van der Waals surface area contributed by atoms with Gasteiger partial charge in [-0.3, -0.25) is 0 Å². The summed E-state index contributed by atoms with van der Waals surface area (Å²) in [4.78, 5) is 11.3. The first-order chi connectivity index (χ1) is 11.1. The van der Waals surface area contributed by atoms with E-state index in [0.717, 1.165) is 19.4 Å². The van der Waals surface area contributed by atoms with E-state index in [-0.39, 0.29) is 11.6 Å². The second-order valence-corrected chi connectivity index (χ2v) is 5.78. The van der Waals surface area contributed by atoms with Crippen molar-refractivity contribution in [3.8, 4) is 0 Å². The lowest BCUT2D eigenvalue weighted by molar-refractivity contribution is 0.0698. The highest BCUT2D eigenvalue weighted by Gasteiger charge is 2.19. The molecular formula is C17H19FN2O3. The highest BCUT2D eigenvalue weighted by atomic mass is 19.1. The van der Waals surface area contributed by atoms with Crippen molar-refractivity contribution >= 4 is 16.9 Å². The van der Waals surface area contributed by atoms with Crippen LogP contribution in [0.15, 0.2) is 36.5 Å². The maximum absolute atomic E-state index is 13.5. The molecule has 2 heterocycles. The number of carboxylic acid groups (broad SMARTS) is 1. The van der Waals surface area contributed by atoms with Crippen molar-refractivity contribution in [3.63, 3.8) is 0 Å². The Morgan fingerprint density at radius 3 is 3.04 bits per heavy atom. The lowest BCUT2D eigenvalue weighted by Gasteiger charge is -2.26. The highest BCUT2D eigenvalue weighted by molar-refractivity contribution is 6.03. The van der Waals surface area contributed by atoms with Crippen LogP contribution in [0.4, 0.5) is 4.39 Å². The third kappa shape index (κ3) is 3.28. The molecule has 0 spiro atoms. The summed E-state index contributed by atoms with van der Waals surface area (Å²) < 4.78 is 15.2. The molecule has 1 aromatic carbocycles. The molecule has 23 heavy (non-hydrogen) atoms. The topological polar surface area (TPSA) is 74.5 Å². The molecule has 0 aliphatic carbocycles. The van der Waals surface area contributed by atoms with Crippen LogP contribution < -0.4 is 5.32 Å². The molecule has 5 nitrogen and oxygen atoms in total. The fourth-order valence-electron chi connectivity index (χ4n) is 3.00. The van der Waals surface area contributed by atoms with Crippen molar-refractivity contribution in [2.75, 3.05) is 6.54 Å². The van der Waals surface area contributed by atoms with E-state index in [0.29, 0.717) is 17.4 Å². The molecule has 6 heteroatoms. The predicted molar refractivity (Wildman–Crippen MR) is 85.0 cm³/mol. The van der Waals surface area contributed by atoms with Crippen LogP contribution in [0.1, 0.15) is 23.2 Å². The van der Waals surface area contributed by atoms with Crippen molar-refractivity contribution in [2.24, 2.45) is 0 Å². The number of hydrogen-bond acceptors (Lipinski definition) is 3. The van der Waals surface area contributed by atoms with Crippen LogP contribution in [0.2, 0.25) is 0 Å². The average molecular weight is 318 g/mol. The zero-order valence-corrected chi connectivity index (χ0v) is 12.6. The minimum absolute atomic E-state index is 0.0961. The van der Waals surface area contributed by atoms with Crippen LogP contribution in [-0.2, 0) is 6.54 Å². The molecule has 0 saturated carbocycles. The number of hydrogen-bond donors (Lipinski definition) is 3. The third-order valence-corrected chi connectivity index (χ3v) is 4.19. The van der Waals surface area contributed by atoms with Gasteiger partial charge < -0.3 is 20.1 Å². The van der Waals surface area contributed by atoms with Gasteiger partial charge >= 0.3 is 5.97 Å². The van der Waals surface area contributed by atoms with Crippen LogP contribution in [0, 0.1) is 5.82 Å². The van der Waals surface area contributed by atoms with Gasteiger partial charge in [0.15, 0.2) is 0 Å². The molecule has 0 amide bonds. The molecule has 3 N–H and O–H groups in total. The zero-order valence-electron chi connectivity index (χ0n) is 12.6. The number of nitrogens with one attached hydrogen (secondary N) is 1. The van der Waals surface area contributed by atoms with Crippen molar-refractivity contribution in [1.82, 2.24) is 9.88 Å². The van der Waals surface area contributed by atoms with Gasteiger partial charge in [0.2, 0.25) is 0 Å². The normalized spacial score (nSPS) is 22.0. The average Bonchev–Trinajstić information content (AvgIpc) is 2.87. The number of aromatic nitrogens is 1. The Hall–Kier alpha value is -2.18. The Bertz CT molecular complexity index is 754. The van der Waals surface area contributed by atoms with Gasteiger partial charge in [-0.25, -0.2) is 9.18 Å². The van der Waals surface area contributed by atoms with E-state index in [1.54, 1.807) is 4.57 Å². The number of fused-ring (bicyclic) bond motifs is 1. The number of nitrogens with zero attached hydrogens (tertiary/aromatic N) is 1. The first-order valence-electron chi connectivity index (χ1n) is 7.66. The molecule has 0 unspecified atom stereocenters. The van der Waals surface area contributed by atoms with Gasteiger partial charge in [0.05, 0.1) is 23.2 Å². The van der Waals surface area contributed by atoms with E-state index in [1.165, 1.54) is 24.4 Å². The van der Waals surface area contributed by atoms with E-state index < -0.39 is 17.9 Å². The van der Waals surface area contributed by atoms with E-state index in [9.17, 15) is 19.4 Å². The first kappa shape index (κ1) is 15.7. The number of aliphatic hydroxyl groups is 1. The number of carboxylic acids is 1. The molecule has 2 aromatic rings. The molecule has 122 valence electrons. The van der Waals surface area contributed by atoms with Crippen molar-refractivity contribution in [2.45, 2.75) is 31.5 Å². The van der Waals surface area contributed by atoms with Gasteiger partial charge in [-0.1, -0.05) is 12.2 Å². The molecule has 0 radical (unpaired) electrons. The van der Waals surface area contributed by atoms with E-state index in [2.05, 4.69) is 5.32 Å². The summed E-state index contributed by atoms with van der Waals surface area (Å²) in [6.07, 6.45) is 6.57. The lowest BCUT2D eigenvalue weighted by atomic mass is 10.0. The third-order valence-electron chi connectivity index (χ3n) is 4.19. The van der Waals surface area contributed by atoms with Gasteiger partial charge in [-0.2, -0.15) is 0 Å². The van der Waals surface area contributed by atoms with Gasteiger partial charge in [0.25, 0.3) is 0 Å². The Morgan fingerprint density at radius 1 is 1.48 bits per heavy atom. The smallest absolute Gasteiger partial charge is 0.337 e. The van der Waals surface area contributed by atoms with Crippen LogP contribution >= 0.6 is 0 Å². The Kier molecular flexibility index (Phi) is 4.45. The minimum Gasteiger partial charge on any atom is -0.478 e. The van der Waals surface area contributed by atoms with E-state index >= 15 is 0 Å². The molecule has 3 rings (SSSR count). The summed E-state index contributed by atoms with van der Waals surface area (Å²) in [6.45, 7) is 1.28. The molecular weight excluding hydrogens is 299 g/mol. The Labute approximate surface area is 133 Å². The molecule has 0 bridgehead atoms. The summed E-state index contributed by atoms with van der Waals surface area (Å²) in [5, 5.41) is 22.9. The van der Waals surface area contributed by atoms with Crippen LogP contribution in [-0.4, -0.2) is 39.4 Å². The van der Waals surface area contributed by atoms with Crippen LogP contribution in [0.3, 0.4) is 0 Å². The summed E-state index contributed by atoms with van der Waals surface area (Å²) in [6, 6.07) is 3.99. The summed E-state index contributed by atoms with van der Waals surface area (Å²) >= 11 is 0.